The zero-order valence-electron chi connectivity index (χ0n) is 10.2. The van der Waals surface area contributed by atoms with Crippen LogP contribution in [-0.2, 0) is 13.2 Å². The minimum absolute atomic E-state index is 0.0675. The summed E-state index contributed by atoms with van der Waals surface area (Å²) in [5.41, 5.74) is 1.95. The van der Waals surface area contributed by atoms with Crippen LogP contribution < -0.4 is 0 Å². The summed E-state index contributed by atoms with van der Waals surface area (Å²) in [6, 6.07) is 5.38. The van der Waals surface area contributed by atoms with Gasteiger partial charge in [0.2, 0.25) is 0 Å². The number of aromatic nitrogens is 1. The second-order valence-electron chi connectivity index (χ2n) is 4.49. The first-order chi connectivity index (χ1) is 8.13. The summed E-state index contributed by atoms with van der Waals surface area (Å²) in [6.07, 6.45) is 2.77. The van der Waals surface area contributed by atoms with Crippen LogP contribution in [0.4, 0.5) is 0 Å². The molecule has 2 aromatic rings. The number of aromatic hydroxyl groups is 1. The zero-order valence-corrected chi connectivity index (χ0v) is 10.2. The normalized spacial score (nSPS) is 11.5. The fraction of sp³-hybridized carbons (Fsp3) is 0.385. The number of benzene rings is 1. The van der Waals surface area contributed by atoms with Gasteiger partial charge >= 0.3 is 0 Å². The van der Waals surface area contributed by atoms with Crippen LogP contribution >= 0.6 is 0 Å². The predicted molar refractivity (Wildman–Crippen MR) is 68.1 cm³/mol. The number of hydrogen-bond donors (Lipinski definition) is 2. The van der Waals surface area contributed by atoms with Crippen molar-refractivity contribution in [1.29, 1.82) is 0 Å². The molecule has 0 saturated carbocycles. The van der Waals surface area contributed by atoms with Crippen LogP contribution in [0.3, 0.4) is 0 Å². The van der Waals surface area contributed by atoms with Gasteiger partial charge in [0.25, 0.3) is 0 Å². The second kappa shape index (κ2) is 4.77. The number of aliphatic hydroxyl groups is 1. The van der Waals surface area contributed by atoms with Crippen molar-refractivity contribution in [2.45, 2.75) is 13.2 Å². The van der Waals surface area contributed by atoms with Crippen LogP contribution in [0.5, 0.6) is 5.75 Å². The molecule has 4 nitrogen and oxygen atoms in total. The third kappa shape index (κ3) is 2.28. The molecule has 92 valence electrons. The Hall–Kier alpha value is -1.52. The van der Waals surface area contributed by atoms with E-state index < -0.39 is 0 Å². The van der Waals surface area contributed by atoms with Crippen LogP contribution in [0.25, 0.3) is 10.9 Å². The van der Waals surface area contributed by atoms with Crippen LogP contribution in [0.1, 0.15) is 5.56 Å². The van der Waals surface area contributed by atoms with E-state index in [0.29, 0.717) is 0 Å². The summed E-state index contributed by atoms with van der Waals surface area (Å²) in [5.74, 6) is 0.281. The molecular weight excluding hydrogens is 216 g/mol. The lowest BCUT2D eigenvalue weighted by Gasteiger charge is -2.08. The summed E-state index contributed by atoms with van der Waals surface area (Å²) < 4.78 is 1.75. The summed E-state index contributed by atoms with van der Waals surface area (Å²) in [6.45, 7) is 0.848. The van der Waals surface area contributed by atoms with E-state index in [1.165, 1.54) is 0 Å². The van der Waals surface area contributed by atoms with Crippen LogP contribution in [0.15, 0.2) is 24.4 Å². The Balaban J connectivity index is 2.47. The molecule has 1 heterocycles. The van der Waals surface area contributed by atoms with Crippen LogP contribution in [0.2, 0.25) is 0 Å². The summed E-state index contributed by atoms with van der Waals surface area (Å²) in [5, 5.41) is 20.1. The van der Waals surface area contributed by atoms with E-state index in [1.54, 1.807) is 16.7 Å². The molecule has 0 bridgehead atoms. The predicted octanol–water partition coefficient (Wildman–Crippen LogP) is 1.40. The van der Waals surface area contributed by atoms with Crippen molar-refractivity contribution in [2.75, 3.05) is 20.6 Å². The number of rotatable bonds is 4. The Morgan fingerprint density at radius 1 is 1.29 bits per heavy atom. The van der Waals surface area contributed by atoms with Gasteiger partial charge < -0.3 is 19.7 Å². The van der Waals surface area contributed by atoms with Crippen molar-refractivity contribution in [2.24, 2.45) is 0 Å². The quantitative estimate of drug-likeness (QED) is 0.840. The fourth-order valence-corrected chi connectivity index (χ4v) is 2.07. The minimum atomic E-state index is -0.0675. The molecule has 4 heteroatoms. The van der Waals surface area contributed by atoms with Gasteiger partial charge in [-0.2, -0.15) is 0 Å². The molecule has 2 N–H and O–H groups in total. The van der Waals surface area contributed by atoms with Gasteiger partial charge in [-0.3, -0.25) is 0 Å². The molecule has 0 aliphatic carbocycles. The van der Waals surface area contributed by atoms with E-state index in [-0.39, 0.29) is 12.5 Å². The van der Waals surface area contributed by atoms with Crippen molar-refractivity contribution >= 4 is 10.9 Å². The van der Waals surface area contributed by atoms with Crippen LogP contribution in [0, 0.1) is 0 Å². The minimum Gasteiger partial charge on any atom is -0.507 e. The Kier molecular flexibility index (Phi) is 3.36. The molecule has 0 radical (unpaired) electrons. The maximum atomic E-state index is 9.92. The van der Waals surface area contributed by atoms with E-state index in [9.17, 15) is 10.2 Å². The number of hydrogen-bond acceptors (Lipinski definition) is 3. The highest BCUT2D eigenvalue weighted by molar-refractivity contribution is 5.89. The van der Waals surface area contributed by atoms with Gasteiger partial charge in [0.1, 0.15) is 12.5 Å². The fourth-order valence-electron chi connectivity index (χ4n) is 2.07. The highest BCUT2D eigenvalue weighted by Crippen LogP contribution is 2.29. The first-order valence-electron chi connectivity index (χ1n) is 5.68. The number of phenols is 1. The van der Waals surface area contributed by atoms with Gasteiger partial charge in [-0.15, -0.1) is 0 Å². The number of fused-ring (bicyclic) bond motifs is 1. The molecule has 0 atom stereocenters. The Morgan fingerprint density at radius 3 is 2.71 bits per heavy atom. The van der Waals surface area contributed by atoms with E-state index in [4.69, 9.17) is 0 Å². The molecule has 0 aliphatic rings. The first kappa shape index (κ1) is 12.0. The van der Waals surface area contributed by atoms with Gasteiger partial charge in [0.05, 0.1) is 5.52 Å². The monoisotopic (exact) mass is 234 g/mol. The van der Waals surface area contributed by atoms with Crippen molar-refractivity contribution in [3.05, 3.63) is 30.0 Å². The van der Waals surface area contributed by atoms with Gasteiger partial charge in [-0.1, -0.05) is 6.07 Å². The lowest BCUT2D eigenvalue weighted by Crippen LogP contribution is -2.14. The molecular formula is C13H18N2O2. The molecule has 0 aliphatic heterocycles. The lowest BCUT2D eigenvalue weighted by molar-refractivity contribution is 0.215. The number of likely N-dealkylation sites (N-methyl/N-ethyl adjacent to an activating group) is 1. The molecule has 1 aromatic heterocycles. The maximum absolute atomic E-state index is 9.92. The van der Waals surface area contributed by atoms with E-state index in [2.05, 4.69) is 4.90 Å². The van der Waals surface area contributed by atoms with Crippen LogP contribution in [-0.4, -0.2) is 40.3 Å². The number of nitrogens with zero attached hydrogens (tertiary/aromatic N) is 2. The maximum Gasteiger partial charge on any atom is 0.125 e. The molecule has 1 aromatic carbocycles. The van der Waals surface area contributed by atoms with Crippen molar-refractivity contribution in [1.82, 2.24) is 9.47 Å². The molecule has 2 rings (SSSR count). The molecule has 0 amide bonds. The number of aliphatic hydroxyl groups excluding tert-OH is 1. The molecule has 0 unspecified atom stereocenters. The average Bonchev–Trinajstić information content (AvgIpc) is 2.66. The van der Waals surface area contributed by atoms with E-state index in [1.807, 2.05) is 26.4 Å². The standard InChI is InChI=1S/C13H18N2O2/c1-14(2)7-6-10-8-15(9-16)11-4-3-5-12(17)13(10)11/h3-5,8,16-17H,6-7,9H2,1-2H3. The molecule has 0 fully saturated rings. The van der Waals surface area contributed by atoms with E-state index in [0.717, 1.165) is 29.4 Å². The van der Waals surface area contributed by atoms with Crippen molar-refractivity contribution < 1.29 is 10.2 Å². The van der Waals surface area contributed by atoms with Gasteiger partial charge in [0, 0.05) is 18.1 Å². The smallest absolute Gasteiger partial charge is 0.125 e. The SMILES string of the molecule is CN(C)CCc1cn(CO)c2cccc(O)c12. The highest BCUT2D eigenvalue weighted by Gasteiger charge is 2.11. The average molecular weight is 234 g/mol. The van der Waals surface area contributed by atoms with Gasteiger partial charge in [-0.05, 0) is 38.2 Å². The van der Waals surface area contributed by atoms with E-state index >= 15 is 0 Å². The third-order valence-corrected chi connectivity index (χ3v) is 2.94. The van der Waals surface area contributed by atoms with Crippen molar-refractivity contribution in [3.63, 3.8) is 0 Å². The van der Waals surface area contributed by atoms with Crippen molar-refractivity contribution in [3.8, 4) is 5.75 Å². The van der Waals surface area contributed by atoms with Gasteiger partial charge in [0.15, 0.2) is 0 Å². The zero-order chi connectivity index (χ0) is 12.4. The third-order valence-electron chi connectivity index (χ3n) is 2.94. The summed E-state index contributed by atoms with van der Waals surface area (Å²) in [7, 11) is 4.04. The molecule has 17 heavy (non-hydrogen) atoms. The largest absolute Gasteiger partial charge is 0.507 e. The topological polar surface area (TPSA) is 48.6 Å². The summed E-state index contributed by atoms with van der Waals surface area (Å²) >= 11 is 0. The second-order valence-corrected chi connectivity index (χ2v) is 4.49. The Morgan fingerprint density at radius 2 is 2.06 bits per heavy atom. The lowest BCUT2D eigenvalue weighted by atomic mass is 10.1. The Bertz CT molecular complexity index is 517. The molecule has 0 saturated heterocycles. The Labute approximate surface area is 101 Å². The number of phenolic OH excluding ortho intramolecular Hbond substituents is 1. The first-order valence-corrected chi connectivity index (χ1v) is 5.68. The summed E-state index contributed by atoms with van der Waals surface area (Å²) in [4.78, 5) is 2.10. The van der Waals surface area contributed by atoms with Gasteiger partial charge in [-0.25, -0.2) is 0 Å². The highest BCUT2D eigenvalue weighted by atomic mass is 16.3. The molecule has 0 spiro atoms.